The third-order valence-electron chi connectivity index (χ3n) is 2.79. The zero-order valence-electron chi connectivity index (χ0n) is 10.9. The average molecular weight is 243 g/mol. The second kappa shape index (κ2) is 4.55. The Morgan fingerprint density at radius 1 is 1.41 bits per heavy atom. The fourth-order valence-corrected chi connectivity index (χ4v) is 1.56. The Bertz CT molecular complexity index is 315. The molecule has 0 bridgehead atoms. The van der Waals surface area contributed by atoms with E-state index in [9.17, 15) is 9.59 Å². The highest BCUT2D eigenvalue weighted by atomic mass is 16.6. The molecule has 1 saturated carbocycles. The van der Waals surface area contributed by atoms with E-state index in [4.69, 9.17) is 9.84 Å². The lowest BCUT2D eigenvalue weighted by molar-refractivity contribution is -0.140. The molecule has 1 atom stereocenters. The molecular weight excluding hydrogens is 222 g/mol. The molecule has 0 saturated heterocycles. The Kier molecular flexibility index (Phi) is 3.69. The van der Waals surface area contributed by atoms with Crippen LogP contribution in [0.25, 0.3) is 0 Å². The van der Waals surface area contributed by atoms with E-state index in [0.29, 0.717) is 6.42 Å². The number of ether oxygens (including phenoxy) is 1. The van der Waals surface area contributed by atoms with E-state index in [1.807, 2.05) is 6.92 Å². The first-order valence-electron chi connectivity index (χ1n) is 5.84. The summed E-state index contributed by atoms with van der Waals surface area (Å²) in [5.74, 6) is -1.01. The minimum atomic E-state index is -1.01. The van der Waals surface area contributed by atoms with Crippen LogP contribution in [-0.2, 0) is 9.53 Å². The molecule has 0 heterocycles. The number of alkyl carbamates (subject to hydrolysis) is 1. The van der Waals surface area contributed by atoms with Crippen molar-refractivity contribution in [3.8, 4) is 0 Å². The number of hydrogen-bond donors (Lipinski definition) is 2. The van der Waals surface area contributed by atoms with Gasteiger partial charge in [-0.25, -0.2) is 9.59 Å². The smallest absolute Gasteiger partial charge is 0.408 e. The number of aliphatic carboxylic acids is 1. The molecule has 0 spiro atoms. The van der Waals surface area contributed by atoms with Crippen molar-refractivity contribution in [2.45, 2.75) is 58.6 Å². The maximum atomic E-state index is 11.5. The zero-order chi connectivity index (χ0) is 13.3. The fraction of sp³-hybridized carbons (Fsp3) is 0.833. The molecule has 5 heteroatoms. The molecule has 0 aromatic heterocycles. The number of carboxylic acid groups (broad SMARTS) is 1. The Hall–Kier alpha value is -1.26. The molecule has 1 fully saturated rings. The van der Waals surface area contributed by atoms with E-state index in [-0.39, 0.29) is 5.41 Å². The van der Waals surface area contributed by atoms with Gasteiger partial charge in [-0.15, -0.1) is 0 Å². The van der Waals surface area contributed by atoms with Crippen LogP contribution in [0.1, 0.15) is 47.0 Å². The average Bonchev–Trinajstić information content (AvgIpc) is 2.78. The molecule has 0 radical (unpaired) electrons. The molecular formula is C12H21NO4. The summed E-state index contributed by atoms with van der Waals surface area (Å²) in [6.45, 7) is 7.25. The van der Waals surface area contributed by atoms with Crippen LogP contribution in [0, 0.1) is 5.41 Å². The van der Waals surface area contributed by atoms with Crippen LogP contribution >= 0.6 is 0 Å². The van der Waals surface area contributed by atoms with E-state index in [2.05, 4.69) is 5.32 Å². The number of amides is 1. The number of carbonyl (C=O) groups is 2. The van der Waals surface area contributed by atoms with Gasteiger partial charge < -0.3 is 15.2 Å². The lowest BCUT2D eigenvalue weighted by atomic mass is 9.99. The molecule has 2 N–H and O–H groups in total. The van der Waals surface area contributed by atoms with Crippen LogP contribution < -0.4 is 5.32 Å². The maximum absolute atomic E-state index is 11.5. The summed E-state index contributed by atoms with van der Waals surface area (Å²) in [6, 6.07) is -0.864. The number of carbonyl (C=O) groups excluding carboxylic acids is 1. The Balaban J connectivity index is 2.49. The van der Waals surface area contributed by atoms with Gasteiger partial charge in [0.05, 0.1) is 0 Å². The van der Waals surface area contributed by atoms with Crippen LogP contribution in [0.2, 0.25) is 0 Å². The zero-order valence-corrected chi connectivity index (χ0v) is 10.9. The van der Waals surface area contributed by atoms with Crippen LogP contribution in [0.5, 0.6) is 0 Å². The summed E-state index contributed by atoms with van der Waals surface area (Å²) in [4.78, 5) is 22.5. The predicted molar refractivity (Wildman–Crippen MR) is 62.8 cm³/mol. The first-order valence-corrected chi connectivity index (χ1v) is 5.84. The number of rotatable bonds is 4. The number of carboxylic acids is 1. The van der Waals surface area contributed by atoms with Crippen LogP contribution in [0.3, 0.4) is 0 Å². The van der Waals surface area contributed by atoms with E-state index in [1.54, 1.807) is 20.8 Å². The molecule has 1 aliphatic carbocycles. The van der Waals surface area contributed by atoms with Gasteiger partial charge in [0.15, 0.2) is 0 Å². The molecule has 0 unspecified atom stereocenters. The van der Waals surface area contributed by atoms with Crippen molar-refractivity contribution in [3.05, 3.63) is 0 Å². The second-order valence-corrected chi connectivity index (χ2v) is 6.05. The number of hydrogen-bond acceptors (Lipinski definition) is 3. The topological polar surface area (TPSA) is 75.6 Å². The predicted octanol–water partition coefficient (Wildman–Crippen LogP) is 2.15. The summed E-state index contributed by atoms with van der Waals surface area (Å²) in [7, 11) is 0. The highest BCUT2D eigenvalue weighted by Gasteiger charge is 2.41. The molecule has 1 amide bonds. The fourth-order valence-electron chi connectivity index (χ4n) is 1.56. The van der Waals surface area contributed by atoms with Crippen molar-refractivity contribution in [3.63, 3.8) is 0 Å². The van der Waals surface area contributed by atoms with E-state index < -0.39 is 23.7 Å². The lowest BCUT2D eigenvalue weighted by Gasteiger charge is -2.23. The molecule has 0 aromatic carbocycles. The Morgan fingerprint density at radius 2 is 1.94 bits per heavy atom. The van der Waals surface area contributed by atoms with Crippen LogP contribution in [0.4, 0.5) is 4.79 Å². The maximum Gasteiger partial charge on any atom is 0.408 e. The molecule has 0 aliphatic heterocycles. The monoisotopic (exact) mass is 243 g/mol. The van der Waals surface area contributed by atoms with Gasteiger partial charge in [-0.3, -0.25) is 0 Å². The second-order valence-electron chi connectivity index (χ2n) is 6.05. The SMILES string of the molecule is CC1(C[C@@H](NC(=O)OC(C)(C)C)C(=O)O)CC1. The Morgan fingerprint density at radius 3 is 2.29 bits per heavy atom. The first-order chi connectivity index (χ1) is 7.61. The molecule has 0 aromatic rings. The molecule has 17 heavy (non-hydrogen) atoms. The van der Waals surface area contributed by atoms with E-state index in [1.165, 1.54) is 0 Å². The lowest BCUT2D eigenvalue weighted by Crippen LogP contribution is -2.44. The quantitative estimate of drug-likeness (QED) is 0.793. The summed E-state index contributed by atoms with van der Waals surface area (Å²) in [6.07, 6.45) is 1.83. The largest absolute Gasteiger partial charge is 0.480 e. The molecule has 98 valence electrons. The third kappa shape index (κ3) is 5.06. The van der Waals surface area contributed by atoms with Crippen molar-refractivity contribution in [2.75, 3.05) is 0 Å². The van der Waals surface area contributed by atoms with Gasteiger partial charge in [0.25, 0.3) is 0 Å². The third-order valence-corrected chi connectivity index (χ3v) is 2.79. The summed E-state index contributed by atoms with van der Waals surface area (Å²) in [5.41, 5.74) is -0.547. The number of nitrogens with one attached hydrogen (secondary N) is 1. The van der Waals surface area contributed by atoms with Gasteiger partial charge in [-0.05, 0) is 45.4 Å². The van der Waals surface area contributed by atoms with E-state index in [0.717, 1.165) is 12.8 Å². The first kappa shape index (κ1) is 13.8. The minimum absolute atomic E-state index is 0.0675. The van der Waals surface area contributed by atoms with Gasteiger partial charge in [0.2, 0.25) is 0 Å². The van der Waals surface area contributed by atoms with Crippen molar-refractivity contribution in [1.29, 1.82) is 0 Å². The summed E-state index contributed by atoms with van der Waals surface area (Å²) < 4.78 is 5.04. The highest BCUT2D eigenvalue weighted by Crippen LogP contribution is 2.48. The van der Waals surface area contributed by atoms with Crippen LogP contribution in [0.15, 0.2) is 0 Å². The highest BCUT2D eigenvalue weighted by molar-refractivity contribution is 5.80. The normalized spacial score (nSPS) is 19.3. The molecule has 1 aliphatic rings. The summed E-state index contributed by atoms with van der Waals surface area (Å²) >= 11 is 0. The Labute approximate surface area is 102 Å². The van der Waals surface area contributed by atoms with E-state index >= 15 is 0 Å². The summed E-state index contributed by atoms with van der Waals surface area (Å²) in [5, 5.41) is 11.5. The van der Waals surface area contributed by atoms with Gasteiger partial charge in [0.1, 0.15) is 11.6 Å². The van der Waals surface area contributed by atoms with Gasteiger partial charge >= 0.3 is 12.1 Å². The van der Waals surface area contributed by atoms with Gasteiger partial charge in [-0.1, -0.05) is 6.92 Å². The minimum Gasteiger partial charge on any atom is -0.480 e. The van der Waals surface area contributed by atoms with Crippen molar-refractivity contribution in [1.82, 2.24) is 5.32 Å². The van der Waals surface area contributed by atoms with Crippen molar-refractivity contribution < 1.29 is 19.4 Å². The van der Waals surface area contributed by atoms with Gasteiger partial charge in [0, 0.05) is 0 Å². The standard InChI is InChI=1S/C12H21NO4/c1-11(2,3)17-10(16)13-8(9(14)15)7-12(4)5-6-12/h8H,5-7H2,1-4H3,(H,13,16)(H,14,15)/t8-/m1/s1. The van der Waals surface area contributed by atoms with Crippen molar-refractivity contribution in [2.24, 2.45) is 5.41 Å². The van der Waals surface area contributed by atoms with Gasteiger partial charge in [-0.2, -0.15) is 0 Å². The van der Waals surface area contributed by atoms with Crippen molar-refractivity contribution >= 4 is 12.1 Å². The molecule has 1 rings (SSSR count). The van der Waals surface area contributed by atoms with Crippen LogP contribution in [-0.4, -0.2) is 28.8 Å². The molecule has 5 nitrogen and oxygen atoms in total.